The molecular formula is C15H25N3O3. The zero-order valence-corrected chi connectivity index (χ0v) is 12.9. The van der Waals surface area contributed by atoms with Crippen LogP contribution in [-0.2, 0) is 16.1 Å². The minimum Gasteiger partial charge on any atom is -0.474 e. The molecule has 0 amide bonds. The third-order valence-corrected chi connectivity index (χ3v) is 3.20. The van der Waals surface area contributed by atoms with Crippen molar-refractivity contribution in [2.24, 2.45) is 0 Å². The normalized spacial score (nSPS) is 15.9. The van der Waals surface area contributed by atoms with E-state index in [2.05, 4.69) is 22.2 Å². The van der Waals surface area contributed by atoms with Crippen molar-refractivity contribution in [3.63, 3.8) is 0 Å². The Balaban J connectivity index is 2.05. The molecule has 2 rings (SSSR count). The number of aromatic nitrogens is 2. The van der Waals surface area contributed by atoms with Gasteiger partial charge >= 0.3 is 0 Å². The molecule has 6 heteroatoms. The first-order valence-corrected chi connectivity index (χ1v) is 7.75. The van der Waals surface area contributed by atoms with E-state index in [9.17, 15) is 0 Å². The van der Waals surface area contributed by atoms with Crippen LogP contribution in [-0.4, -0.2) is 42.4 Å². The summed E-state index contributed by atoms with van der Waals surface area (Å²) < 4.78 is 16.7. The van der Waals surface area contributed by atoms with Crippen molar-refractivity contribution in [3.8, 4) is 5.88 Å². The first kappa shape index (κ1) is 16.0. The molecule has 6 nitrogen and oxygen atoms in total. The van der Waals surface area contributed by atoms with Crippen LogP contribution < -0.4 is 10.1 Å². The molecule has 1 N–H and O–H groups in total. The van der Waals surface area contributed by atoms with Crippen molar-refractivity contribution in [1.29, 1.82) is 0 Å². The Morgan fingerprint density at radius 1 is 1.29 bits per heavy atom. The maximum atomic E-state index is 5.97. The summed E-state index contributed by atoms with van der Waals surface area (Å²) in [5, 5.41) is 3.28. The molecule has 0 bridgehead atoms. The van der Waals surface area contributed by atoms with Crippen LogP contribution in [0.3, 0.4) is 0 Å². The zero-order valence-electron chi connectivity index (χ0n) is 12.9. The van der Waals surface area contributed by atoms with E-state index in [1.165, 1.54) is 0 Å². The van der Waals surface area contributed by atoms with Crippen LogP contribution in [0.5, 0.6) is 5.88 Å². The molecule has 1 aliphatic rings. The molecule has 1 aliphatic heterocycles. The number of nitrogens with zero attached hydrogens (tertiary/aromatic N) is 2. The fourth-order valence-electron chi connectivity index (χ4n) is 2.10. The average molecular weight is 295 g/mol. The van der Waals surface area contributed by atoms with Crippen molar-refractivity contribution in [1.82, 2.24) is 9.97 Å². The van der Waals surface area contributed by atoms with E-state index in [1.54, 1.807) is 0 Å². The summed E-state index contributed by atoms with van der Waals surface area (Å²) in [7, 11) is 0. The van der Waals surface area contributed by atoms with Gasteiger partial charge in [0.05, 0.1) is 13.2 Å². The quantitative estimate of drug-likeness (QED) is 0.794. The minimum absolute atomic E-state index is 0.174. The van der Waals surface area contributed by atoms with Gasteiger partial charge in [-0.25, -0.2) is 4.98 Å². The molecule has 0 atom stereocenters. The molecule has 2 heterocycles. The van der Waals surface area contributed by atoms with E-state index in [0.29, 0.717) is 24.9 Å². The molecule has 0 spiro atoms. The Labute approximate surface area is 126 Å². The van der Waals surface area contributed by atoms with E-state index in [1.807, 2.05) is 13.0 Å². The van der Waals surface area contributed by atoms with Crippen LogP contribution in [0.15, 0.2) is 6.07 Å². The summed E-state index contributed by atoms with van der Waals surface area (Å²) in [4.78, 5) is 8.88. The summed E-state index contributed by atoms with van der Waals surface area (Å²) in [6, 6.07) is 1.86. The van der Waals surface area contributed by atoms with Crippen LogP contribution in [0.4, 0.5) is 5.82 Å². The lowest BCUT2D eigenvalue weighted by Crippen LogP contribution is -2.26. The summed E-state index contributed by atoms with van der Waals surface area (Å²) in [5.74, 6) is 2.06. The Morgan fingerprint density at radius 2 is 2.10 bits per heavy atom. The maximum Gasteiger partial charge on any atom is 0.219 e. The number of anilines is 1. The van der Waals surface area contributed by atoms with Crippen LogP contribution >= 0.6 is 0 Å². The minimum atomic E-state index is 0.174. The van der Waals surface area contributed by atoms with E-state index < -0.39 is 0 Å². The SMILES string of the molecule is CCCNc1cc(OC2CCOCC2)nc(COCC)n1. The van der Waals surface area contributed by atoms with Crippen molar-refractivity contribution < 1.29 is 14.2 Å². The van der Waals surface area contributed by atoms with Crippen LogP contribution in [0.1, 0.15) is 38.9 Å². The number of hydrogen-bond donors (Lipinski definition) is 1. The smallest absolute Gasteiger partial charge is 0.219 e. The van der Waals surface area contributed by atoms with E-state index >= 15 is 0 Å². The third-order valence-electron chi connectivity index (χ3n) is 3.20. The molecule has 0 saturated carbocycles. The molecule has 0 radical (unpaired) electrons. The first-order valence-electron chi connectivity index (χ1n) is 7.75. The third kappa shape index (κ3) is 5.47. The lowest BCUT2D eigenvalue weighted by Gasteiger charge is -2.23. The van der Waals surface area contributed by atoms with Gasteiger partial charge in [0, 0.05) is 32.1 Å². The molecule has 1 aromatic rings. The molecule has 1 aromatic heterocycles. The Hall–Kier alpha value is -1.40. The van der Waals surface area contributed by atoms with Gasteiger partial charge in [-0.15, -0.1) is 0 Å². The summed E-state index contributed by atoms with van der Waals surface area (Å²) in [5.41, 5.74) is 0. The lowest BCUT2D eigenvalue weighted by atomic mass is 10.1. The second-order valence-corrected chi connectivity index (χ2v) is 5.00. The van der Waals surface area contributed by atoms with Crippen molar-refractivity contribution in [2.75, 3.05) is 31.7 Å². The highest BCUT2D eigenvalue weighted by Gasteiger charge is 2.17. The molecule has 1 fully saturated rings. The Kier molecular flexibility index (Phi) is 6.69. The van der Waals surface area contributed by atoms with E-state index in [-0.39, 0.29) is 6.10 Å². The summed E-state index contributed by atoms with van der Waals surface area (Å²) in [6.07, 6.45) is 3.03. The van der Waals surface area contributed by atoms with Gasteiger partial charge in [0.2, 0.25) is 5.88 Å². The second kappa shape index (κ2) is 8.79. The van der Waals surface area contributed by atoms with Crippen LogP contribution in [0, 0.1) is 0 Å². The number of nitrogens with one attached hydrogen (secondary N) is 1. The van der Waals surface area contributed by atoms with Gasteiger partial charge in [-0.2, -0.15) is 4.98 Å². The second-order valence-electron chi connectivity index (χ2n) is 5.00. The van der Waals surface area contributed by atoms with Gasteiger partial charge in [0.15, 0.2) is 5.82 Å². The number of rotatable bonds is 8. The van der Waals surface area contributed by atoms with Crippen LogP contribution in [0.25, 0.3) is 0 Å². The number of hydrogen-bond acceptors (Lipinski definition) is 6. The monoisotopic (exact) mass is 295 g/mol. The van der Waals surface area contributed by atoms with Crippen LogP contribution in [0.2, 0.25) is 0 Å². The fraction of sp³-hybridized carbons (Fsp3) is 0.733. The Morgan fingerprint density at radius 3 is 2.81 bits per heavy atom. The largest absolute Gasteiger partial charge is 0.474 e. The predicted octanol–water partition coefficient (Wildman–Crippen LogP) is 2.39. The molecule has 118 valence electrons. The highest BCUT2D eigenvalue weighted by molar-refractivity contribution is 5.38. The highest BCUT2D eigenvalue weighted by Crippen LogP contribution is 2.19. The van der Waals surface area contributed by atoms with Crippen molar-refractivity contribution in [3.05, 3.63) is 11.9 Å². The molecule has 0 aliphatic carbocycles. The maximum absolute atomic E-state index is 5.97. The lowest BCUT2D eigenvalue weighted by molar-refractivity contribution is 0.0233. The molecular weight excluding hydrogens is 270 g/mol. The standard InChI is InChI=1S/C15H25N3O3/c1-3-7-16-13-10-15(18-14(17-13)11-19-4-2)21-12-5-8-20-9-6-12/h10,12H,3-9,11H2,1-2H3,(H,16,17,18). The topological polar surface area (TPSA) is 65.5 Å². The predicted molar refractivity (Wildman–Crippen MR) is 80.6 cm³/mol. The molecule has 1 saturated heterocycles. The van der Waals surface area contributed by atoms with Gasteiger partial charge in [-0.1, -0.05) is 6.92 Å². The van der Waals surface area contributed by atoms with Gasteiger partial charge < -0.3 is 19.5 Å². The molecule has 0 aromatic carbocycles. The Bertz CT molecular complexity index is 396. The van der Waals surface area contributed by atoms with Gasteiger partial charge in [-0.05, 0) is 13.3 Å². The average Bonchev–Trinajstić information content (AvgIpc) is 2.52. The van der Waals surface area contributed by atoms with Crippen molar-refractivity contribution >= 4 is 5.82 Å². The highest BCUT2D eigenvalue weighted by atomic mass is 16.5. The summed E-state index contributed by atoms with van der Waals surface area (Å²) >= 11 is 0. The molecule has 0 unspecified atom stereocenters. The fourth-order valence-corrected chi connectivity index (χ4v) is 2.10. The van der Waals surface area contributed by atoms with Gasteiger partial charge in [0.1, 0.15) is 18.5 Å². The zero-order chi connectivity index (χ0) is 14.9. The van der Waals surface area contributed by atoms with E-state index in [0.717, 1.165) is 44.8 Å². The first-order chi connectivity index (χ1) is 10.3. The van der Waals surface area contributed by atoms with Crippen molar-refractivity contribution in [2.45, 2.75) is 45.8 Å². The van der Waals surface area contributed by atoms with E-state index in [4.69, 9.17) is 14.2 Å². The molecule has 21 heavy (non-hydrogen) atoms. The number of ether oxygens (including phenoxy) is 3. The van der Waals surface area contributed by atoms with Gasteiger partial charge in [0.25, 0.3) is 0 Å². The van der Waals surface area contributed by atoms with Gasteiger partial charge in [-0.3, -0.25) is 0 Å². The summed E-state index contributed by atoms with van der Waals surface area (Å²) in [6.45, 7) is 7.51.